The molecule has 6 nitrogen and oxygen atoms in total. The SMILES string of the molecule is CC1COCCN1C(=O)N[C@H](C(=O)O)c1ccccc1. The summed E-state index contributed by atoms with van der Waals surface area (Å²) in [6, 6.07) is 7.17. The number of hydrogen-bond acceptors (Lipinski definition) is 3. The average Bonchev–Trinajstić information content (AvgIpc) is 2.45. The predicted molar refractivity (Wildman–Crippen MR) is 72.3 cm³/mol. The fourth-order valence-corrected chi connectivity index (χ4v) is 2.17. The second-order valence-electron chi connectivity index (χ2n) is 4.75. The zero-order chi connectivity index (χ0) is 14.5. The number of benzene rings is 1. The Balaban J connectivity index is 2.08. The third kappa shape index (κ3) is 3.27. The molecule has 0 aromatic heterocycles. The fourth-order valence-electron chi connectivity index (χ4n) is 2.17. The highest BCUT2D eigenvalue weighted by molar-refractivity contribution is 5.83. The van der Waals surface area contributed by atoms with Gasteiger partial charge in [0.2, 0.25) is 0 Å². The molecule has 1 saturated heterocycles. The highest BCUT2D eigenvalue weighted by Gasteiger charge is 2.28. The molecule has 0 radical (unpaired) electrons. The van der Waals surface area contributed by atoms with Gasteiger partial charge in [-0.15, -0.1) is 0 Å². The number of carbonyl (C=O) groups excluding carboxylic acids is 1. The van der Waals surface area contributed by atoms with E-state index in [9.17, 15) is 14.7 Å². The molecule has 1 heterocycles. The number of carbonyl (C=O) groups is 2. The third-order valence-electron chi connectivity index (χ3n) is 3.28. The first kappa shape index (κ1) is 14.3. The van der Waals surface area contributed by atoms with Crippen molar-refractivity contribution in [1.29, 1.82) is 0 Å². The Morgan fingerprint density at radius 1 is 1.40 bits per heavy atom. The average molecular weight is 278 g/mol. The monoisotopic (exact) mass is 278 g/mol. The van der Waals surface area contributed by atoms with E-state index in [0.29, 0.717) is 25.3 Å². The number of urea groups is 1. The van der Waals surface area contributed by atoms with Gasteiger partial charge in [0.1, 0.15) is 0 Å². The van der Waals surface area contributed by atoms with Crippen molar-refractivity contribution in [3.05, 3.63) is 35.9 Å². The first-order valence-electron chi connectivity index (χ1n) is 6.52. The van der Waals surface area contributed by atoms with Gasteiger partial charge in [0.25, 0.3) is 0 Å². The minimum atomic E-state index is -1.08. The molecule has 6 heteroatoms. The normalized spacial score (nSPS) is 20.2. The van der Waals surface area contributed by atoms with Gasteiger partial charge in [-0.3, -0.25) is 0 Å². The number of rotatable bonds is 3. The van der Waals surface area contributed by atoms with Crippen LogP contribution in [0.3, 0.4) is 0 Å². The molecule has 20 heavy (non-hydrogen) atoms. The molecule has 0 spiro atoms. The minimum absolute atomic E-state index is 0.0611. The van der Waals surface area contributed by atoms with E-state index < -0.39 is 12.0 Å². The van der Waals surface area contributed by atoms with Gasteiger partial charge in [0.15, 0.2) is 6.04 Å². The van der Waals surface area contributed by atoms with Crippen LogP contribution in [0.15, 0.2) is 30.3 Å². The molecule has 2 N–H and O–H groups in total. The Labute approximate surface area is 117 Å². The molecule has 1 unspecified atom stereocenters. The molecular weight excluding hydrogens is 260 g/mol. The molecular formula is C14H18N2O4. The van der Waals surface area contributed by atoms with Crippen molar-refractivity contribution >= 4 is 12.0 Å². The molecule has 0 saturated carbocycles. The lowest BCUT2D eigenvalue weighted by molar-refractivity contribution is -0.139. The summed E-state index contributed by atoms with van der Waals surface area (Å²) in [6.45, 7) is 3.28. The molecule has 1 aliphatic heterocycles. The van der Waals surface area contributed by atoms with Gasteiger partial charge in [-0.2, -0.15) is 0 Å². The lowest BCUT2D eigenvalue weighted by Crippen LogP contribution is -2.52. The summed E-state index contributed by atoms with van der Waals surface area (Å²) in [5.74, 6) is -1.08. The fraction of sp³-hybridized carbons (Fsp3) is 0.429. The highest BCUT2D eigenvalue weighted by atomic mass is 16.5. The third-order valence-corrected chi connectivity index (χ3v) is 3.28. The van der Waals surface area contributed by atoms with E-state index in [0.717, 1.165) is 0 Å². The topological polar surface area (TPSA) is 78.9 Å². The maximum absolute atomic E-state index is 12.2. The maximum atomic E-state index is 12.2. The molecule has 2 atom stereocenters. The zero-order valence-electron chi connectivity index (χ0n) is 11.3. The molecule has 2 rings (SSSR count). The van der Waals surface area contributed by atoms with Crippen molar-refractivity contribution in [2.75, 3.05) is 19.8 Å². The van der Waals surface area contributed by atoms with Gasteiger partial charge < -0.3 is 20.1 Å². The Hall–Kier alpha value is -2.08. The van der Waals surface area contributed by atoms with Crippen LogP contribution in [0.2, 0.25) is 0 Å². The van der Waals surface area contributed by atoms with E-state index in [1.807, 2.05) is 6.92 Å². The highest BCUT2D eigenvalue weighted by Crippen LogP contribution is 2.14. The standard InChI is InChI=1S/C14H18N2O4/c1-10-9-20-8-7-16(10)14(19)15-12(13(17)18)11-5-3-2-4-6-11/h2-6,10,12H,7-9H2,1H3,(H,15,19)(H,17,18)/t10?,12-/m0/s1. The Kier molecular flexibility index (Phi) is 4.57. The first-order chi connectivity index (χ1) is 9.59. The van der Waals surface area contributed by atoms with Crippen LogP contribution < -0.4 is 5.32 Å². The number of ether oxygens (including phenoxy) is 1. The summed E-state index contributed by atoms with van der Waals surface area (Å²) in [6.07, 6.45) is 0. The van der Waals surface area contributed by atoms with Crippen LogP contribution in [0.1, 0.15) is 18.5 Å². The van der Waals surface area contributed by atoms with Crippen molar-refractivity contribution in [1.82, 2.24) is 10.2 Å². The summed E-state index contributed by atoms with van der Waals surface area (Å²) in [5, 5.41) is 11.8. The van der Waals surface area contributed by atoms with Crippen molar-refractivity contribution < 1.29 is 19.4 Å². The van der Waals surface area contributed by atoms with Crippen LogP contribution in [0, 0.1) is 0 Å². The molecule has 1 aliphatic rings. The van der Waals surface area contributed by atoms with E-state index in [-0.39, 0.29) is 12.1 Å². The minimum Gasteiger partial charge on any atom is -0.479 e. The van der Waals surface area contributed by atoms with Crippen molar-refractivity contribution in [2.24, 2.45) is 0 Å². The summed E-state index contributed by atoms with van der Waals surface area (Å²) >= 11 is 0. The molecule has 0 aliphatic carbocycles. The number of amides is 2. The van der Waals surface area contributed by atoms with Gasteiger partial charge in [0, 0.05) is 6.54 Å². The van der Waals surface area contributed by atoms with E-state index in [4.69, 9.17) is 4.74 Å². The first-order valence-corrected chi connectivity index (χ1v) is 6.52. The van der Waals surface area contributed by atoms with E-state index in [1.54, 1.807) is 35.2 Å². The van der Waals surface area contributed by atoms with E-state index >= 15 is 0 Å². The quantitative estimate of drug-likeness (QED) is 0.872. The van der Waals surface area contributed by atoms with Gasteiger partial charge in [-0.1, -0.05) is 30.3 Å². The van der Waals surface area contributed by atoms with Gasteiger partial charge in [-0.05, 0) is 12.5 Å². The number of hydrogen-bond donors (Lipinski definition) is 2. The van der Waals surface area contributed by atoms with Crippen molar-refractivity contribution in [3.8, 4) is 0 Å². The van der Waals surface area contributed by atoms with Gasteiger partial charge >= 0.3 is 12.0 Å². The van der Waals surface area contributed by atoms with Crippen molar-refractivity contribution in [2.45, 2.75) is 19.0 Å². The molecule has 0 bridgehead atoms. The summed E-state index contributed by atoms with van der Waals surface area (Å²) in [7, 11) is 0. The van der Waals surface area contributed by atoms with Crippen LogP contribution in [0.4, 0.5) is 4.79 Å². The number of morpholine rings is 1. The molecule has 1 aromatic rings. The molecule has 1 fully saturated rings. The largest absolute Gasteiger partial charge is 0.479 e. The number of nitrogens with one attached hydrogen (secondary N) is 1. The predicted octanol–water partition coefficient (Wildman–Crippen LogP) is 1.24. The maximum Gasteiger partial charge on any atom is 0.330 e. The Morgan fingerprint density at radius 3 is 2.70 bits per heavy atom. The van der Waals surface area contributed by atoms with Crippen molar-refractivity contribution in [3.63, 3.8) is 0 Å². The summed E-state index contributed by atoms with van der Waals surface area (Å²) in [5.41, 5.74) is 0.550. The molecule has 2 amide bonds. The van der Waals surface area contributed by atoms with E-state index in [2.05, 4.69) is 5.32 Å². The Morgan fingerprint density at radius 2 is 2.10 bits per heavy atom. The zero-order valence-corrected chi connectivity index (χ0v) is 11.3. The van der Waals surface area contributed by atoms with Gasteiger partial charge in [-0.25, -0.2) is 9.59 Å². The second-order valence-corrected chi connectivity index (χ2v) is 4.75. The molecule has 108 valence electrons. The smallest absolute Gasteiger partial charge is 0.330 e. The lowest BCUT2D eigenvalue weighted by Gasteiger charge is -2.34. The summed E-state index contributed by atoms with van der Waals surface area (Å²) < 4.78 is 5.26. The van der Waals surface area contributed by atoms with Crippen LogP contribution in [0.5, 0.6) is 0 Å². The Bertz CT molecular complexity index is 477. The van der Waals surface area contributed by atoms with Crippen LogP contribution in [-0.2, 0) is 9.53 Å². The number of aliphatic carboxylic acids is 1. The molecule has 1 aromatic carbocycles. The van der Waals surface area contributed by atoms with E-state index in [1.165, 1.54) is 0 Å². The number of nitrogens with zero attached hydrogens (tertiary/aromatic N) is 1. The van der Waals surface area contributed by atoms with Crippen LogP contribution in [0.25, 0.3) is 0 Å². The second kappa shape index (κ2) is 6.38. The lowest BCUT2D eigenvalue weighted by atomic mass is 10.1. The van der Waals surface area contributed by atoms with Crippen LogP contribution >= 0.6 is 0 Å². The van der Waals surface area contributed by atoms with Crippen LogP contribution in [-0.4, -0.2) is 47.8 Å². The number of carboxylic acids is 1. The van der Waals surface area contributed by atoms with Gasteiger partial charge in [0.05, 0.1) is 19.3 Å². The summed E-state index contributed by atoms with van der Waals surface area (Å²) in [4.78, 5) is 25.1. The number of carboxylic acid groups (broad SMARTS) is 1.